The second kappa shape index (κ2) is 8.26. The number of benzene rings is 1. The fourth-order valence-electron chi connectivity index (χ4n) is 3.81. The number of carboxylic acids is 1. The number of anilines is 1. The van der Waals surface area contributed by atoms with Crippen LogP contribution in [0.15, 0.2) is 12.1 Å². The molecule has 3 rings (SSSR count). The van der Waals surface area contributed by atoms with E-state index in [-0.39, 0.29) is 11.7 Å². The quantitative estimate of drug-likeness (QED) is 0.714. The number of ether oxygens (including phenoxy) is 1. The number of rotatable bonds is 3. The number of hydrogen-bond donors (Lipinski definition) is 1. The Labute approximate surface area is 190 Å². The number of nitrogens with zero attached hydrogens (tertiary/aromatic N) is 2. The molecule has 0 aliphatic carbocycles. The zero-order valence-electron chi connectivity index (χ0n) is 20.4. The van der Waals surface area contributed by atoms with Crippen LogP contribution in [0.2, 0.25) is 0 Å². The van der Waals surface area contributed by atoms with Crippen molar-refractivity contribution in [3.05, 3.63) is 23.3 Å². The Morgan fingerprint density at radius 1 is 1.03 bits per heavy atom. The Kier molecular flexibility index (Phi) is 6.30. The van der Waals surface area contributed by atoms with Gasteiger partial charge in [0.25, 0.3) is 0 Å². The van der Waals surface area contributed by atoms with Crippen LogP contribution >= 0.6 is 0 Å². The Morgan fingerprint density at radius 2 is 1.56 bits per heavy atom. The van der Waals surface area contributed by atoms with Gasteiger partial charge in [-0.05, 0) is 78.5 Å². The lowest BCUT2D eigenvalue weighted by Gasteiger charge is -2.37. The lowest BCUT2D eigenvalue weighted by molar-refractivity contribution is 0.00578. The van der Waals surface area contributed by atoms with Gasteiger partial charge >= 0.3 is 19.2 Å². The van der Waals surface area contributed by atoms with Crippen LogP contribution in [0.25, 0.3) is 0 Å². The van der Waals surface area contributed by atoms with Crippen molar-refractivity contribution in [3.8, 4) is 0 Å². The van der Waals surface area contributed by atoms with E-state index in [2.05, 4.69) is 4.90 Å². The molecule has 0 spiro atoms. The summed E-state index contributed by atoms with van der Waals surface area (Å²) >= 11 is 0. The average Bonchev–Trinajstić information content (AvgIpc) is 2.87. The molecule has 176 valence electrons. The van der Waals surface area contributed by atoms with Gasteiger partial charge in [-0.2, -0.15) is 0 Å². The molecule has 2 fully saturated rings. The number of carboxylic acid groups (broad SMARTS) is 1. The molecule has 0 unspecified atom stereocenters. The highest BCUT2D eigenvalue weighted by Crippen LogP contribution is 2.37. The van der Waals surface area contributed by atoms with Gasteiger partial charge in [-0.1, -0.05) is 0 Å². The van der Waals surface area contributed by atoms with Crippen LogP contribution in [-0.4, -0.2) is 72.2 Å². The largest absolute Gasteiger partial charge is 0.495 e. The molecule has 0 atom stereocenters. The van der Waals surface area contributed by atoms with E-state index < -0.39 is 29.9 Å². The maximum absolute atomic E-state index is 12.4. The topological polar surface area (TPSA) is 88.5 Å². The number of amides is 1. The molecule has 2 heterocycles. The zero-order chi connectivity index (χ0) is 24.1. The summed E-state index contributed by atoms with van der Waals surface area (Å²) in [6, 6.07) is 3.64. The highest BCUT2D eigenvalue weighted by atomic mass is 16.7. The molecule has 1 aromatic carbocycles. The predicted molar refractivity (Wildman–Crippen MR) is 124 cm³/mol. The average molecular weight is 446 g/mol. The lowest BCUT2D eigenvalue weighted by atomic mass is 9.74. The first kappa shape index (κ1) is 24.4. The van der Waals surface area contributed by atoms with Crippen molar-refractivity contribution in [1.29, 1.82) is 0 Å². The lowest BCUT2D eigenvalue weighted by Crippen LogP contribution is -2.50. The standard InChI is InChI=1S/C23H35BN2O6/c1-15-17(19(27)28)13-16(14-18(15)24-31-22(5,6)23(7,8)32-24)25-9-11-26(12-10-25)20(29)30-21(2,3)4/h13-14H,9-12H2,1-8H3,(H,27,28). The maximum atomic E-state index is 12.4. The summed E-state index contributed by atoms with van der Waals surface area (Å²) in [5.74, 6) is -0.991. The van der Waals surface area contributed by atoms with Gasteiger partial charge in [0.05, 0.1) is 16.8 Å². The van der Waals surface area contributed by atoms with Gasteiger partial charge in [0.1, 0.15) is 5.60 Å². The van der Waals surface area contributed by atoms with Gasteiger partial charge < -0.3 is 29.0 Å². The van der Waals surface area contributed by atoms with E-state index in [1.807, 2.05) is 54.5 Å². The number of carbonyl (C=O) groups is 2. The molecule has 2 aliphatic rings. The molecule has 1 aromatic rings. The molecular formula is C23H35BN2O6. The highest BCUT2D eigenvalue weighted by Gasteiger charge is 2.52. The van der Waals surface area contributed by atoms with Gasteiger partial charge in [0.15, 0.2) is 0 Å². The van der Waals surface area contributed by atoms with Crippen LogP contribution in [0, 0.1) is 6.92 Å². The Morgan fingerprint density at radius 3 is 2.03 bits per heavy atom. The van der Waals surface area contributed by atoms with Crippen molar-refractivity contribution in [2.75, 3.05) is 31.1 Å². The second-order valence-corrected chi connectivity index (χ2v) is 10.6. The molecular weight excluding hydrogens is 411 g/mol. The van der Waals surface area contributed by atoms with Crippen molar-refractivity contribution in [1.82, 2.24) is 4.90 Å². The van der Waals surface area contributed by atoms with E-state index in [9.17, 15) is 14.7 Å². The summed E-state index contributed by atoms with van der Waals surface area (Å²) in [5, 5.41) is 9.81. The number of hydrogen-bond acceptors (Lipinski definition) is 6. The van der Waals surface area contributed by atoms with Crippen LogP contribution in [0.3, 0.4) is 0 Å². The third kappa shape index (κ3) is 4.88. The third-order valence-electron chi connectivity index (χ3n) is 6.47. The molecule has 2 aliphatic heterocycles. The summed E-state index contributed by atoms with van der Waals surface area (Å²) in [4.78, 5) is 28.1. The Hall–Kier alpha value is -2.26. The van der Waals surface area contributed by atoms with E-state index in [1.54, 1.807) is 17.9 Å². The first-order valence-electron chi connectivity index (χ1n) is 11.1. The second-order valence-electron chi connectivity index (χ2n) is 10.6. The molecule has 0 bridgehead atoms. The normalized spacial score (nSPS) is 20.4. The SMILES string of the molecule is Cc1c(B2OC(C)(C)C(C)(C)O2)cc(N2CCN(C(=O)OC(C)(C)C)CC2)cc1C(=O)O. The predicted octanol–water partition coefficient (Wildman–Crippen LogP) is 3.05. The molecule has 1 amide bonds. The highest BCUT2D eigenvalue weighted by molar-refractivity contribution is 6.63. The van der Waals surface area contributed by atoms with Crippen LogP contribution < -0.4 is 10.4 Å². The smallest absolute Gasteiger partial charge is 0.478 e. The van der Waals surface area contributed by atoms with Crippen molar-refractivity contribution < 1.29 is 28.7 Å². The summed E-state index contributed by atoms with van der Waals surface area (Å²) in [5.41, 5.74) is 0.758. The molecule has 32 heavy (non-hydrogen) atoms. The van der Waals surface area contributed by atoms with Crippen molar-refractivity contribution in [2.45, 2.75) is 72.2 Å². The monoisotopic (exact) mass is 446 g/mol. The van der Waals surface area contributed by atoms with E-state index in [0.29, 0.717) is 37.2 Å². The van der Waals surface area contributed by atoms with Crippen LogP contribution in [-0.2, 0) is 14.0 Å². The Balaban J connectivity index is 1.84. The fourth-order valence-corrected chi connectivity index (χ4v) is 3.81. The first-order chi connectivity index (χ1) is 14.6. The minimum atomic E-state index is -0.991. The minimum absolute atomic E-state index is 0.224. The third-order valence-corrected chi connectivity index (χ3v) is 6.47. The van der Waals surface area contributed by atoms with Gasteiger partial charge in [-0.3, -0.25) is 0 Å². The molecule has 0 radical (unpaired) electrons. The van der Waals surface area contributed by atoms with Crippen LogP contribution in [0.1, 0.15) is 64.4 Å². The van der Waals surface area contributed by atoms with Gasteiger partial charge in [0.2, 0.25) is 0 Å². The fraction of sp³-hybridized carbons (Fsp3) is 0.652. The van der Waals surface area contributed by atoms with Crippen molar-refractivity contribution in [2.24, 2.45) is 0 Å². The van der Waals surface area contributed by atoms with E-state index >= 15 is 0 Å². The Bertz CT molecular complexity index is 884. The zero-order valence-corrected chi connectivity index (χ0v) is 20.4. The first-order valence-corrected chi connectivity index (χ1v) is 11.1. The summed E-state index contributed by atoms with van der Waals surface area (Å²) in [6.07, 6.45) is -0.329. The maximum Gasteiger partial charge on any atom is 0.495 e. The summed E-state index contributed by atoms with van der Waals surface area (Å²) in [7, 11) is -0.652. The summed E-state index contributed by atoms with van der Waals surface area (Å²) < 4.78 is 17.9. The number of aromatic carboxylic acids is 1. The molecule has 9 heteroatoms. The number of carbonyl (C=O) groups excluding carboxylic acids is 1. The van der Waals surface area contributed by atoms with E-state index in [1.165, 1.54) is 0 Å². The summed E-state index contributed by atoms with van der Waals surface area (Å²) in [6.45, 7) is 17.4. The van der Waals surface area contributed by atoms with E-state index in [0.717, 1.165) is 5.69 Å². The molecule has 8 nitrogen and oxygen atoms in total. The van der Waals surface area contributed by atoms with E-state index in [4.69, 9.17) is 14.0 Å². The van der Waals surface area contributed by atoms with Crippen LogP contribution in [0.4, 0.5) is 10.5 Å². The molecule has 1 N–H and O–H groups in total. The molecule has 0 saturated carbocycles. The van der Waals surface area contributed by atoms with Crippen LogP contribution in [0.5, 0.6) is 0 Å². The van der Waals surface area contributed by atoms with Crippen molar-refractivity contribution in [3.63, 3.8) is 0 Å². The van der Waals surface area contributed by atoms with Crippen molar-refractivity contribution >= 4 is 30.3 Å². The minimum Gasteiger partial charge on any atom is -0.478 e. The van der Waals surface area contributed by atoms with Gasteiger partial charge in [-0.15, -0.1) is 0 Å². The van der Waals surface area contributed by atoms with Gasteiger partial charge in [0, 0.05) is 31.9 Å². The molecule has 0 aromatic heterocycles. The number of piperazine rings is 1. The van der Waals surface area contributed by atoms with Gasteiger partial charge in [-0.25, -0.2) is 9.59 Å². The molecule has 2 saturated heterocycles.